The van der Waals surface area contributed by atoms with Gasteiger partial charge in [0.25, 0.3) is 0 Å². The predicted octanol–water partition coefficient (Wildman–Crippen LogP) is 4.13. The summed E-state index contributed by atoms with van der Waals surface area (Å²) in [6.07, 6.45) is -0.0515. The number of hydrogen-bond acceptors (Lipinski definition) is 2. The SMILES string of the molecule is O=C(Nc1ccccc1-c1ccccc1)NC1c2ccccc2CC1O. The van der Waals surface area contributed by atoms with Crippen LogP contribution in [0.5, 0.6) is 0 Å². The van der Waals surface area contributed by atoms with Crippen LogP contribution in [-0.4, -0.2) is 17.2 Å². The molecule has 0 spiro atoms. The summed E-state index contributed by atoms with van der Waals surface area (Å²) in [5.41, 5.74) is 4.78. The van der Waals surface area contributed by atoms with Gasteiger partial charge in [0.05, 0.1) is 17.8 Å². The third kappa shape index (κ3) is 3.19. The number of nitrogens with one attached hydrogen (secondary N) is 2. The molecule has 3 N–H and O–H groups in total. The van der Waals surface area contributed by atoms with E-state index in [1.807, 2.05) is 78.9 Å². The molecule has 0 radical (unpaired) electrons. The normalized spacial score (nSPS) is 18.2. The van der Waals surface area contributed by atoms with Crippen LogP contribution < -0.4 is 10.6 Å². The average Bonchev–Trinajstić information content (AvgIpc) is 2.98. The van der Waals surface area contributed by atoms with Crippen LogP contribution in [0.1, 0.15) is 17.2 Å². The topological polar surface area (TPSA) is 61.4 Å². The molecule has 0 bridgehead atoms. The summed E-state index contributed by atoms with van der Waals surface area (Å²) in [6.45, 7) is 0. The van der Waals surface area contributed by atoms with Gasteiger partial charge in [-0.05, 0) is 22.8 Å². The molecule has 0 fully saturated rings. The number of carbonyl (C=O) groups is 1. The third-order valence-electron chi connectivity index (χ3n) is 4.75. The molecule has 0 saturated carbocycles. The van der Waals surface area contributed by atoms with Crippen LogP contribution >= 0.6 is 0 Å². The number of amides is 2. The zero-order valence-electron chi connectivity index (χ0n) is 14.2. The third-order valence-corrected chi connectivity index (χ3v) is 4.75. The minimum Gasteiger partial charge on any atom is -0.390 e. The minimum absolute atomic E-state index is 0.325. The highest BCUT2D eigenvalue weighted by atomic mass is 16.3. The molecule has 1 aliphatic carbocycles. The van der Waals surface area contributed by atoms with E-state index in [9.17, 15) is 9.90 Å². The van der Waals surface area contributed by atoms with Crippen LogP contribution in [0.3, 0.4) is 0 Å². The molecule has 2 atom stereocenters. The van der Waals surface area contributed by atoms with Gasteiger partial charge in [0, 0.05) is 12.0 Å². The van der Waals surface area contributed by atoms with Crippen molar-refractivity contribution in [3.63, 3.8) is 0 Å². The van der Waals surface area contributed by atoms with E-state index in [-0.39, 0.29) is 6.03 Å². The summed E-state index contributed by atoms with van der Waals surface area (Å²) in [4.78, 5) is 12.6. The van der Waals surface area contributed by atoms with Crippen molar-refractivity contribution in [3.05, 3.63) is 90.0 Å². The van der Waals surface area contributed by atoms with Crippen LogP contribution in [0.2, 0.25) is 0 Å². The van der Waals surface area contributed by atoms with E-state index in [0.29, 0.717) is 6.42 Å². The lowest BCUT2D eigenvalue weighted by Gasteiger charge is -2.19. The molecule has 1 aliphatic rings. The lowest BCUT2D eigenvalue weighted by molar-refractivity contribution is 0.144. The summed E-state index contributed by atoms with van der Waals surface area (Å²) in [7, 11) is 0. The van der Waals surface area contributed by atoms with Gasteiger partial charge < -0.3 is 15.7 Å². The van der Waals surface area contributed by atoms with Gasteiger partial charge in [-0.2, -0.15) is 0 Å². The molecule has 0 saturated heterocycles. The molecular formula is C22H20N2O2. The van der Waals surface area contributed by atoms with Crippen LogP contribution in [0.4, 0.5) is 10.5 Å². The Morgan fingerprint density at radius 1 is 0.885 bits per heavy atom. The highest BCUT2D eigenvalue weighted by molar-refractivity contribution is 5.94. The van der Waals surface area contributed by atoms with E-state index in [4.69, 9.17) is 0 Å². The zero-order chi connectivity index (χ0) is 17.9. The Hall–Kier alpha value is -3.11. The maximum Gasteiger partial charge on any atom is 0.319 e. The second kappa shape index (κ2) is 7.02. The number of benzene rings is 3. The molecule has 3 aromatic rings. The van der Waals surface area contributed by atoms with E-state index in [0.717, 1.165) is 27.9 Å². The summed E-state index contributed by atoms with van der Waals surface area (Å²) in [5.74, 6) is 0. The van der Waals surface area contributed by atoms with E-state index >= 15 is 0 Å². The van der Waals surface area contributed by atoms with E-state index < -0.39 is 12.1 Å². The number of para-hydroxylation sites is 1. The molecule has 0 aliphatic heterocycles. The minimum atomic E-state index is -0.609. The summed E-state index contributed by atoms with van der Waals surface area (Å²) in [6, 6.07) is 24.7. The van der Waals surface area contributed by atoms with Gasteiger partial charge in [-0.25, -0.2) is 4.79 Å². The van der Waals surface area contributed by atoms with Gasteiger partial charge in [0.1, 0.15) is 0 Å². The Kier molecular flexibility index (Phi) is 4.42. The number of hydrogen-bond donors (Lipinski definition) is 3. The maximum absolute atomic E-state index is 12.6. The van der Waals surface area contributed by atoms with Crippen molar-refractivity contribution in [2.45, 2.75) is 18.6 Å². The first-order valence-electron chi connectivity index (χ1n) is 8.70. The largest absolute Gasteiger partial charge is 0.390 e. The predicted molar refractivity (Wildman–Crippen MR) is 103 cm³/mol. The Labute approximate surface area is 152 Å². The average molecular weight is 344 g/mol. The Morgan fingerprint density at radius 2 is 1.58 bits per heavy atom. The molecule has 4 rings (SSSR count). The number of aliphatic hydroxyl groups is 1. The Balaban J connectivity index is 1.53. The molecule has 2 unspecified atom stereocenters. The van der Waals surface area contributed by atoms with Crippen LogP contribution in [-0.2, 0) is 6.42 Å². The number of anilines is 1. The molecule has 26 heavy (non-hydrogen) atoms. The first kappa shape index (κ1) is 16.4. The van der Waals surface area contributed by atoms with E-state index in [2.05, 4.69) is 10.6 Å². The number of fused-ring (bicyclic) bond motifs is 1. The van der Waals surface area contributed by atoms with Crippen molar-refractivity contribution in [1.29, 1.82) is 0 Å². The van der Waals surface area contributed by atoms with Gasteiger partial charge in [0.2, 0.25) is 0 Å². The molecule has 0 aromatic heterocycles. The van der Waals surface area contributed by atoms with E-state index in [1.165, 1.54) is 0 Å². The van der Waals surface area contributed by atoms with E-state index in [1.54, 1.807) is 0 Å². The molecule has 4 nitrogen and oxygen atoms in total. The van der Waals surface area contributed by atoms with Crippen molar-refractivity contribution < 1.29 is 9.90 Å². The summed E-state index contributed by atoms with van der Waals surface area (Å²) < 4.78 is 0. The van der Waals surface area contributed by atoms with Crippen LogP contribution in [0.25, 0.3) is 11.1 Å². The second-order valence-corrected chi connectivity index (χ2v) is 6.46. The Morgan fingerprint density at radius 3 is 2.42 bits per heavy atom. The first-order valence-corrected chi connectivity index (χ1v) is 8.70. The monoisotopic (exact) mass is 344 g/mol. The molecule has 3 aromatic carbocycles. The number of rotatable bonds is 3. The number of carbonyl (C=O) groups excluding carboxylic acids is 1. The molecular weight excluding hydrogens is 324 g/mol. The van der Waals surface area contributed by atoms with Gasteiger partial charge in [-0.15, -0.1) is 0 Å². The second-order valence-electron chi connectivity index (χ2n) is 6.46. The van der Waals surface area contributed by atoms with Gasteiger partial charge in [-0.1, -0.05) is 72.8 Å². The van der Waals surface area contributed by atoms with Crippen molar-refractivity contribution in [2.75, 3.05) is 5.32 Å². The lowest BCUT2D eigenvalue weighted by Crippen LogP contribution is -2.36. The molecule has 4 heteroatoms. The van der Waals surface area contributed by atoms with Crippen molar-refractivity contribution in [1.82, 2.24) is 5.32 Å². The quantitative estimate of drug-likeness (QED) is 0.669. The fraction of sp³-hybridized carbons (Fsp3) is 0.136. The van der Waals surface area contributed by atoms with Crippen molar-refractivity contribution in [3.8, 4) is 11.1 Å². The molecule has 0 heterocycles. The molecule has 2 amide bonds. The standard InChI is InChI=1S/C22H20N2O2/c25-20-14-16-10-4-5-12-18(16)21(20)24-22(26)23-19-13-7-6-11-17(19)15-8-2-1-3-9-15/h1-13,20-21,25H,14H2,(H2,23,24,26). The number of urea groups is 1. The summed E-state index contributed by atoms with van der Waals surface area (Å²) in [5, 5.41) is 16.2. The highest BCUT2D eigenvalue weighted by Crippen LogP contribution is 2.32. The summed E-state index contributed by atoms with van der Waals surface area (Å²) >= 11 is 0. The fourth-order valence-corrected chi connectivity index (χ4v) is 3.51. The smallest absolute Gasteiger partial charge is 0.319 e. The van der Waals surface area contributed by atoms with Gasteiger partial charge >= 0.3 is 6.03 Å². The maximum atomic E-state index is 12.6. The lowest BCUT2D eigenvalue weighted by atomic mass is 10.0. The van der Waals surface area contributed by atoms with Crippen LogP contribution in [0.15, 0.2) is 78.9 Å². The Bertz CT molecular complexity index is 924. The fourth-order valence-electron chi connectivity index (χ4n) is 3.51. The zero-order valence-corrected chi connectivity index (χ0v) is 14.2. The number of aliphatic hydroxyl groups excluding tert-OH is 1. The first-order chi connectivity index (χ1) is 12.7. The van der Waals surface area contributed by atoms with Crippen LogP contribution in [0, 0.1) is 0 Å². The van der Waals surface area contributed by atoms with Crippen molar-refractivity contribution in [2.24, 2.45) is 0 Å². The highest BCUT2D eigenvalue weighted by Gasteiger charge is 2.31. The molecule has 130 valence electrons. The van der Waals surface area contributed by atoms with Crippen molar-refractivity contribution >= 4 is 11.7 Å². The van der Waals surface area contributed by atoms with Gasteiger partial charge in [-0.3, -0.25) is 0 Å². The van der Waals surface area contributed by atoms with Gasteiger partial charge in [0.15, 0.2) is 0 Å².